The Bertz CT molecular complexity index is 406. The first-order valence-corrected chi connectivity index (χ1v) is 5.83. The molecule has 0 spiro atoms. The Balaban J connectivity index is 2.19. The molecule has 0 radical (unpaired) electrons. The Hall–Kier alpha value is -1.89. The van der Waals surface area contributed by atoms with Gasteiger partial charge in [-0.1, -0.05) is 12.7 Å². The van der Waals surface area contributed by atoms with Gasteiger partial charge in [-0.25, -0.2) is 0 Å². The molecule has 1 N–H and O–H groups in total. The van der Waals surface area contributed by atoms with E-state index in [0.29, 0.717) is 37.7 Å². The molecule has 7 nitrogen and oxygen atoms in total. The highest BCUT2D eigenvalue weighted by Gasteiger charge is 2.16. The molecule has 0 bridgehead atoms. The van der Waals surface area contributed by atoms with Crippen molar-refractivity contribution in [1.82, 2.24) is 15.0 Å². The van der Waals surface area contributed by atoms with E-state index in [2.05, 4.69) is 26.8 Å². The van der Waals surface area contributed by atoms with Gasteiger partial charge in [0.05, 0.1) is 13.2 Å². The molecule has 0 aromatic carbocycles. The Kier molecular flexibility index (Phi) is 4.30. The zero-order chi connectivity index (χ0) is 12.8. The molecule has 7 heteroatoms. The highest BCUT2D eigenvalue weighted by Crippen LogP contribution is 2.15. The Labute approximate surface area is 106 Å². The van der Waals surface area contributed by atoms with Gasteiger partial charge in [0.25, 0.3) is 0 Å². The largest absolute Gasteiger partial charge is 0.459 e. The summed E-state index contributed by atoms with van der Waals surface area (Å²) in [6.07, 6.45) is 1.65. The van der Waals surface area contributed by atoms with Crippen LogP contribution in [0.5, 0.6) is 6.01 Å². The molecule has 2 rings (SSSR count). The van der Waals surface area contributed by atoms with E-state index in [1.54, 1.807) is 13.1 Å². The SMILES string of the molecule is C=CCOc1nc(NC)nc(N2CCOCC2)n1. The molecule has 1 aromatic rings. The molecule has 1 aliphatic heterocycles. The highest BCUT2D eigenvalue weighted by atomic mass is 16.5. The van der Waals surface area contributed by atoms with Crippen LogP contribution in [-0.2, 0) is 4.74 Å². The van der Waals surface area contributed by atoms with Crippen molar-refractivity contribution in [3.8, 4) is 6.01 Å². The van der Waals surface area contributed by atoms with E-state index in [1.165, 1.54) is 0 Å². The first kappa shape index (κ1) is 12.6. The van der Waals surface area contributed by atoms with E-state index in [-0.39, 0.29) is 0 Å². The van der Waals surface area contributed by atoms with Crippen LogP contribution < -0.4 is 15.0 Å². The first-order chi connectivity index (χ1) is 8.83. The molecule has 0 amide bonds. The predicted molar refractivity (Wildman–Crippen MR) is 68.1 cm³/mol. The monoisotopic (exact) mass is 251 g/mol. The van der Waals surface area contributed by atoms with Crippen molar-refractivity contribution in [3.63, 3.8) is 0 Å². The van der Waals surface area contributed by atoms with Gasteiger partial charge in [-0.05, 0) is 0 Å². The average Bonchev–Trinajstić information content (AvgIpc) is 2.45. The van der Waals surface area contributed by atoms with Crippen LogP contribution in [-0.4, -0.2) is 54.9 Å². The van der Waals surface area contributed by atoms with Crippen molar-refractivity contribution in [2.24, 2.45) is 0 Å². The van der Waals surface area contributed by atoms with Gasteiger partial charge in [-0.2, -0.15) is 15.0 Å². The van der Waals surface area contributed by atoms with E-state index in [1.807, 2.05) is 4.90 Å². The van der Waals surface area contributed by atoms with E-state index in [4.69, 9.17) is 9.47 Å². The van der Waals surface area contributed by atoms with Crippen LogP contribution in [0, 0.1) is 0 Å². The molecule has 1 saturated heterocycles. The standard InChI is InChI=1S/C11H17N5O2/c1-3-6-18-11-14-9(12-2)13-10(15-11)16-4-7-17-8-5-16/h3H,1,4-8H2,2H3,(H,12,13,14,15). The lowest BCUT2D eigenvalue weighted by atomic mass is 10.4. The summed E-state index contributed by atoms with van der Waals surface area (Å²) in [6.45, 7) is 6.87. The summed E-state index contributed by atoms with van der Waals surface area (Å²) >= 11 is 0. The minimum atomic E-state index is 0.302. The van der Waals surface area contributed by atoms with Crippen LogP contribution in [0.3, 0.4) is 0 Å². The van der Waals surface area contributed by atoms with Crippen LogP contribution in [0.15, 0.2) is 12.7 Å². The zero-order valence-electron chi connectivity index (χ0n) is 10.4. The third kappa shape index (κ3) is 3.07. The third-order valence-corrected chi connectivity index (χ3v) is 2.45. The van der Waals surface area contributed by atoms with Gasteiger partial charge >= 0.3 is 6.01 Å². The van der Waals surface area contributed by atoms with Crippen molar-refractivity contribution in [2.45, 2.75) is 0 Å². The molecule has 0 atom stereocenters. The van der Waals surface area contributed by atoms with Gasteiger partial charge in [-0.15, -0.1) is 0 Å². The van der Waals surface area contributed by atoms with Gasteiger partial charge < -0.3 is 19.7 Å². The smallest absolute Gasteiger partial charge is 0.323 e. The quantitative estimate of drug-likeness (QED) is 0.755. The van der Waals surface area contributed by atoms with Crippen LogP contribution in [0.4, 0.5) is 11.9 Å². The summed E-state index contributed by atoms with van der Waals surface area (Å²) in [5.41, 5.74) is 0. The maximum absolute atomic E-state index is 5.35. The van der Waals surface area contributed by atoms with Gasteiger partial charge in [0.2, 0.25) is 11.9 Å². The second-order valence-electron chi connectivity index (χ2n) is 3.69. The number of anilines is 2. The predicted octanol–water partition coefficient (Wildman–Crippen LogP) is 0.315. The maximum Gasteiger partial charge on any atom is 0.323 e. The number of ether oxygens (including phenoxy) is 2. The number of morpholine rings is 1. The summed E-state index contributed by atoms with van der Waals surface area (Å²) in [7, 11) is 1.76. The summed E-state index contributed by atoms with van der Waals surface area (Å²) in [6, 6.07) is 0.302. The van der Waals surface area contributed by atoms with E-state index < -0.39 is 0 Å². The second kappa shape index (κ2) is 6.15. The number of rotatable bonds is 5. The lowest BCUT2D eigenvalue weighted by Gasteiger charge is -2.26. The number of nitrogens with zero attached hydrogens (tertiary/aromatic N) is 4. The molecule has 98 valence electrons. The summed E-state index contributed by atoms with van der Waals surface area (Å²) in [5.74, 6) is 1.10. The van der Waals surface area contributed by atoms with Gasteiger partial charge in [-0.3, -0.25) is 0 Å². The minimum Gasteiger partial charge on any atom is -0.459 e. The Morgan fingerprint density at radius 3 is 2.83 bits per heavy atom. The fourth-order valence-corrected chi connectivity index (χ4v) is 1.56. The van der Waals surface area contributed by atoms with Crippen molar-refractivity contribution in [3.05, 3.63) is 12.7 Å². The number of hydrogen-bond acceptors (Lipinski definition) is 7. The fourth-order valence-electron chi connectivity index (χ4n) is 1.56. The van der Waals surface area contributed by atoms with Gasteiger partial charge in [0, 0.05) is 20.1 Å². The van der Waals surface area contributed by atoms with Crippen molar-refractivity contribution >= 4 is 11.9 Å². The maximum atomic E-state index is 5.35. The second-order valence-corrected chi connectivity index (χ2v) is 3.69. The zero-order valence-corrected chi connectivity index (χ0v) is 10.4. The number of aromatic nitrogens is 3. The molecule has 1 aliphatic rings. The van der Waals surface area contributed by atoms with Crippen LogP contribution in [0.25, 0.3) is 0 Å². The van der Waals surface area contributed by atoms with Crippen LogP contribution in [0.2, 0.25) is 0 Å². The molecule has 0 unspecified atom stereocenters. The minimum absolute atomic E-state index is 0.302. The summed E-state index contributed by atoms with van der Waals surface area (Å²) < 4.78 is 10.7. The van der Waals surface area contributed by atoms with E-state index in [9.17, 15) is 0 Å². The number of nitrogens with one attached hydrogen (secondary N) is 1. The normalized spacial score (nSPS) is 15.3. The average molecular weight is 251 g/mol. The van der Waals surface area contributed by atoms with E-state index >= 15 is 0 Å². The van der Waals surface area contributed by atoms with Crippen LogP contribution in [0.1, 0.15) is 0 Å². The molecule has 1 aromatic heterocycles. The van der Waals surface area contributed by atoms with Crippen molar-refractivity contribution < 1.29 is 9.47 Å². The lowest BCUT2D eigenvalue weighted by Crippen LogP contribution is -2.37. The lowest BCUT2D eigenvalue weighted by molar-refractivity contribution is 0.122. The Morgan fingerprint density at radius 1 is 1.39 bits per heavy atom. The molecule has 0 saturated carbocycles. The van der Waals surface area contributed by atoms with Crippen molar-refractivity contribution in [1.29, 1.82) is 0 Å². The van der Waals surface area contributed by atoms with Crippen LogP contribution >= 0.6 is 0 Å². The van der Waals surface area contributed by atoms with E-state index in [0.717, 1.165) is 13.1 Å². The molecule has 1 fully saturated rings. The number of hydrogen-bond donors (Lipinski definition) is 1. The van der Waals surface area contributed by atoms with Gasteiger partial charge in [0.1, 0.15) is 6.61 Å². The van der Waals surface area contributed by atoms with Gasteiger partial charge in [0.15, 0.2) is 0 Å². The third-order valence-electron chi connectivity index (χ3n) is 2.45. The molecule has 0 aliphatic carbocycles. The Morgan fingerprint density at radius 2 is 2.17 bits per heavy atom. The molecule has 18 heavy (non-hydrogen) atoms. The molecular formula is C11H17N5O2. The summed E-state index contributed by atoms with van der Waals surface area (Å²) in [4.78, 5) is 14.8. The molecule has 2 heterocycles. The first-order valence-electron chi connectivity index (χ1n) is 5.83. The molecular weight excluding hydrogens is 234 g/mol. The topological polar surface area (TPSA) is 72.4 Å². The highest BCUT2D eigenvalue weighted by molar-refractivity contribution is 5.38. The fraction of sp³-hybridized carbons (Fsp3) is 0.545. The summed E-state index contributed by atoms with van der Waals surface area (Å²) in [5, 5.41) is 2.90. The van der Waals surface area contributed by atoms with Crippen molar-refractivity contribution in [2.75, 3.05) is 50.2 Å².